The molecule has 0 aromatic heterocycles. The highest BCUT2D eigenvalue weighted by molar-refractivity contribution is 7.89. The minimum atomic E-state index is -3.68. The number of carbonyl (C=O) groups excluding carboxylic acids is 1. The average molecular weight is 298 g/mol. The van der Waals surface area contributed by atoms with Crippen LogP contribution < -0.4 is 10.5 Å². The summed E-state index contributed by atoms with van der Waals surface area (Å²) >= 11 is 0. The molecule has 1 fully saturated rings. The quantitative estimate of drug-likeness (QED) is 0.641. The summed E-state index contributed by atoms with van der Waals surface area (Å²) in [5, 5.41) is 0. The highest BCUT2D eigenvalue weighted by Gasteiger charge is 2.48. The first kappa shape index (κ1) is 14.8. The van der Waals surface area contributed by atoms with Crippen LogP contribution in [0.4, 0.5) is 5.69 Å². The highest BCUT2D eigenvalue weighted by atomic mass is 32.2. The van der Waals surface area contributed by atoms with Gasteiger partial charge in [-0.2, -0.15) is 0 Å². The van der Waals surface area contributed by atoms with E-state index >= 15 is 0 Å². The third-order valence-electron chi connectivity index (χ3n) is 3.53. The van der Waals surface area contributed by atoms with Crippen molar-refractivity contribution < 1.29 is 17.9 Å². The fraction of sp³-hybridized carbons (Fsp3) is 0.462. The summed E-state index contributed by atoms with van der Waals surface area (Å²) in [5.41, 5.74) is 5.96. The molecule has 1 aliphatic carbocycles. The Bertz CT molecular complexity index is 652. The molecule has 0 bridgehead atoms. The van der Waals surface area contributed by atoms with Gasteiger partial charge in [0.1, 0.15) is 4.90 Å². The van der Waals surface area contributed by atoms with Gasteiger partial charge in [-0.3, -0.25) is 0 Å². The molecule has 1 saturated carbocycles. The van der Waals surface area contributed by atoms with E-state index in [0.717, 1.165) is 6.42 Å². The molecular weight excluding hydrogens is 280 g/mol. The van der Waals surface area contributed by atoms with E-state index in [1.807, 2.05) is 13.8 Å². The number of hydrogen-bond acceptors (Lipinski definition) is 5. The van der Waals surface area contributed by atoms with Crippen LogP contribution in [0, 0.1) is 5.41 Å². The Balaban J connectivity index is 2.26. The first-order chi connectivity index (χ1) is 9.17. The molecule has 0 amide bonds. The van der Waals surface area contributed by atoms with E-state index in [1.165, 1.54) is 25.3 Å². The molecule has 1 aliphatic rings. The summed E-state index contributed by atoms with van der Waals surface area (Å²) in [4.78, 5) is 11.3. The second kappa shape index (κ2) is 4.75. The zero-order chi connectivity index (χ0) is 15.1. The monoisotopic (exact) mass is 298 g/mol. The number of nitrogen functional groups attached to an aromatic ring is 1. The van der Waals surface area contributed by atoms with E-state index in [9.17, 15) is 13.2 Å². The van der Waals surface area contributed by atoms with Crippen LogP contribution in [-0.2, 0) is 14.8 Å². The van der Waals surface area contributed by atoms with Gasteiger partial charge in [-0.25, -0.2) is 17.9 Å². The van der Waals surface area contributed by atoms with Crippen molar-refractivity contribution in [2.24, 2.45) is 5.41 Å². The summed E-state index contributed by atoms with van der Waals surface area (Å²) in [6.45, 7) is 3.98. The van der Waals surface area contributed by atoms with Crippen molar-refractivity contribution in [1.82, 2.24) is 4.72 Å². The van der Waals surface area contributed by atoms with Gasteiger partial charge < -0.3 is 10.5 Å². The van der Waals surface area contributed by atoms with Crippen molar-refractivity contribution in [3.8, 4) is 0 Å². The van der Waals surface area contributed by atoms with Gasteiger partial charge in [-0.05, 0) is 30.0 Å². The fourth-order valence-electron chi connectivity index (χ4n) is 1.96. The standard InChI is InChI=1S/C13H18N2O4S/c1-13(2)7-11(13)15-20(17,18)10-5-4-8(6-9(10)14)12(16)19-3/h4-6,11,15H,7,14H2,1-3H3. The molecule has 1 aromatic carbocycles. The molecule has 1 atom stereocenters. The van der Waals surface area contributed by atoms with Crippen LogP contribution in [0.5, 0.6) is 0 Å². The minimum absolute atomic E-state index is 0.0201. The van der Waals surface area contributed by atoms with Crippen LogP contribution >= 0.6 is 0 Å². The molecule has 0 saturated heterocycles. The maximum atomic E-state index is 12.2. The van der Waals surface area contributed by atoms with Gasteiger partial charge in [-0.15, -0.1) is 0 Å². The van der Waals surface area contributed by atoms with Gasteiger partial charge in [0.25, 0.3) is 0 Å². The van der Waals surface area contributed by atoms with Gasteiger partial charge in [0.15, 0.2) is 0 Å². The summed E-state index contributed by atoms with van der Waals surface area (Å²) in [7, 11) is -2.43. The third-order valence-corrected chi connectivity index (χ3v) is 5.08. The van der Waals surface area contributed by atoms with E-state index in [4.69, 9.17) is 5.73 Å². The topological polar surface area (TPSA) is 98.5 Å². The third kappa shape index (κ3) is 2.78. The van der Waals surface area contributed by atoms with Crippen molar-refractivity contribution >= 4 is 21.7 Å². The molecule has 7 heteroatoms. The number of benzene rings is 1. The number of hydrogen-bond donors (Lipinski definition) is 2. The van der Waals surface area contributed by atoms with Crippen LogP contribution in [0.25, 0.3) is 0 Å². The van der Waals surface area contributed by atoms with Crippen molar-refractivity contribution in [2.75, 3.05) is 12.8 Å². The predicted octanol–water partition coefficient (Wildman–Crippen LogP) is 1.13. The summed E-state index contributed by atoms with van der Waals surface area (Å²) in [6, 6.07) is 3.93. The van der Waals surface area contributed by atoms with E-state index in [-0.39, 0.29) is 27.6 Å². The Labute approximate surface area is 118 Å². The Kier molecular flexibility index (Phi) is 3.51. The van der Waals surface area contributed by atoms with Crippen LogP contribution in [0.15, 0.2) is 23.1 Å². The van der Waals surface area contributed by atoms with Crippen molar-refractivity contribution in [3.05, 3.63) is 23.8 Å². The number of anilines is 1. The number of nitrogens with two attached hydrogens (primary N) is 1. The Hall–Kier alpha value is -1.60. The van der Waals surface area contributed by atoms with E-state index in [0.29, 0.717) is 0 Å². The fourth-order valence-corrected chi connectivity index (χ4v) is 3.48. The van der Waals surface area contributed by atoms with E-state index < -0.39 is 16.0 Å². The SMILES string of the molecule is COC(=O)c1ccc(S(=O)(=O)NC2CC2(C)C)c(N)c1. The number of methoxy groups -OCH3 is 1. The molecule has 2 rings (SSSR count). The predicted molar refractivity (Wildman–Crippen MR) is 74.7 cm³/mol. The zero-order valence-electron chi connectivity index (χ0n) is 11.6. The molecule has 6 nitrogen and oxygen atoms in total. The van der Waals surface area contributed by atoms with Crippen LogP contribution in [-0.4, -0.2) is 27.5 Å². The zero-order valence-corrected chi connectivity index (χ0v) is 12.5. The molecule has 20 heavy (non-hydrogen) atoms. The first-order valence-electron chi connectivity index (χ1n) is 6.17. The first-order valence-corrected chi connectivity index (χ1v) is 7.66. The minimum Gasteiger partial charge on any atom is -0.465 e. The van der Waals surface area contributed by atoms with Gasteiger partial charge in [0.05, 0.1) is 18.4 Å². The molecule has 0 aliphatic heterocycles. The molecule has 0 heterocycles. The molecule has 0 radical (unpaired) electrons. The lowest BCUT2D eigenvalue weighted by Crippen LogP contribution is -2.29. The molecular formula is C13H18N2O4S. The number of nitrogens with one attached hydrogen (secondary N) is 1. The number of sulfonamides is 1. The molecule has 1 aromatic rings. The maximum absolute atomic E-state index is 12.2. The van der Waals surface area contributed by atoms with Crippen molar-refractivity contribution in [2.45, 2.75) is 31.2 Å². The highest BCUT2D eigenvalue weighted by Crippen LogP contribution is 2.45. The summed E-state index contributed by atoms with van der Waals surface area (Å²) in [6.07, 6.45) is 0.798. The lowest BCUT2D eigenvalue weighted by atomic mass is 10.2. The maximum Gasteiger partial charge on any atom is 0.337 e. The number of carbonyl (C=O) groups is 1. The second-order valence-electron chi connectivity index (χ2n) is 5.61. The Morgan fingerprint density at radius 3 is 2.50 bits per heavy atom. The number of esters is 1. The smallest absolute Gasteiger partial charge is 0.337 e. The van der Waals surface area contributed by atoms with Gasteiger partial charge in [-0.1, -0.05) is 13.8 Å². The van der Waals surface area contributed by atoms with Gasteiger partial charge in [0.2, 0.25) is 10.0 Å². The average Bonchev–Trinajstić information content (AvgIpc) is 2.93. The van der Waals surface area contributed by atoms with Crippen LogP contribution in [0.3, 0.4) is 0 Å². The van der Waals surface area contributed by atoms with Crippen molar-refractivity contribution in [3.63, 3.8) is 0 Å². The molecule has 3 N–H and O–H groups in total. The lowest BCUT2D eigenvalue weighted by Gasteiger charge is -2.11. The van der Waals surface area contributed by atoms with Gasteiger partial charge >= 0.3 is 5.97 Å². The van der Waals surface area contributed by atoms with Crippen molar-refractivity contribution in [1.29, 1.82) is 0 Å². The Morgan fingerprint density at radius 1 is 1.45 bits per heavy atom. The molecule has 1 unspecified atom stereocenters. The largest absolute Gasteiger partial charge is 0.465 e. The number of ether oxygens (including phenoxy) is 1. The van der Waals surface area contributed by atoms with E-state index in [1.54, 1.807) is 0 Å². The van der Waals surface area contributed by atoms with Crippen LogP contribution in [0.1, 0.15) is 30.6 Å². The van der Waals surface area contributed by atoms with E-state index in [2.05, 4.69) is 9.46 Å². The summed E-state index contributed by atoms with van der Waals surface area (Å²) in [5.74, 6) is -0.558. The normalized spacial score (nSPS) is 20.4. The Morgan fingerprint density at radius 2 is 2.05 bits per heavy atom. The second-order valence-corrected chi connectivity index (χ2v) is 7.29. The van der Waals surface area contributed by atoms with Gasteiger partial charge in [0, 0.05) is 6.04 Å². The summed E-state index contributed by atoms with van der Waals surface area (Å²) < 4.78 is 31.6. The lowest BCUT2D eigenvalue weighted by molar-refractivity contribution is 0.0600. The molecule has 0 spiro atoms. The van der Waals surface area contributed by atoms with Crippen LogP contribution in [0.2, 0.25) is 0 Å². The molecule has 110 valence electrons. The number of rotatable bonds is 4.